The molecule has 176 valence electrons. The number of piperidine rings is 1. The standard InChI is InChI=1S/C27H31N5O2/c1-18-9-10-23(15-19(18)2)24-16-25(21-7-5-4-6-8-21)32(30-24)17-26(33)31-13-11-22(12-14-31)27-29-28-20(3)34-27/h4-9,15-16,22-23H,10-14,17H2,1-3H3. The Morgan fingerprint density at radius 3 is 2.50 bits per heavy atom. The summed E-state index contributed by atoms with van der Waals surface area (Å²) in [6.45, 7) is 7.72. The lowest BCUT2D eigenvalue weighted by Gasteiger charge is -2.30. The zero-order chi connectivity index (χ0) is 23.7. The fourth-order valence-electron chi connectivity index (χ4n) is 4.83. The molecule has 1 aliphatic carbocycles. The number of hydrogen-bond donors (Lipinski definition) is 0. The van der Waals surface area contributed by atoms with Crippen molar-refractivity contribution in [2.75, 3.05) is 13.1 Å². The first kappa shape index (κ1) is 22.3. The third-order valence-corrected chi connectivity index (χ3v) is 7.02. The highest BCUT2D eigenvalue weighted by Crippen LogP contribution is 2.32. The normalized spacial score (nSPS) is 19.1. The number of rotatable bonds is 5. The second-order valence-corrected chi connectivity index (χ2v) is 9.37. The summed E-state index contributed by atoms with van der Waals surface area (Å²) in [5, 5.41) is 13.0. The Balaban J connectivity index is 1.33. The number of aryl methyl sites for hydroxylation is 1. The van der Waals surface area contributed by atoms with Gasteiger partial charge in [0.1, 0.15) is 6.54 Å². The molecule has 1 aromatic carbocycles. The summed E-state index contributed by atoms with van der Waals surface area (Å²) in [6.07, 6.45) is 7.18. The van der Waals surface area contributed by atoms with Gasteiger partial charge in [-0.25, -0.2) is 0 Å². The number of allylic oxidation sites excluding steroid dienone is 4. The molecule has 2 aliphatic rings. The van der Waals surface area contributed by atoms with Crippen molar-refractivity contribution in [1.29, 1.82) is 0 Å². The summed E-state index contributed by atoms with van der Waals surface area (Å²) in [7, 11) is 0. The van der Waals surface area contributed by atoms with E-state index >= 15 is 0 Å². The zero-order valence-electron chi connectivity index (χ0n) is 20.1. The van der Waals surface area contributed by atoms with Crippen LogP contribution < -0.4 is 0 Å². The molecule has 7 nitrogen and oxygen atoms in total. The maximum absolute atomic E-state index is 13.3. The number of carbonyl (C=O) groups excluding carboxylic acids is 1. The maximum atomic E-state index is 13.3. The van der Waals surface area contributed by atoms with Crippen LogP contribution in [0.15, 0.2) is 64.1 Å². The summed E-state index contributed by atoms with van der Waals surface area (Å²) in [6, 6.07) is 12.4. The largest absolute Gasteiger partial charge is 0.425 e. The van der Waals surface area contributed by atoms with E-state index in [-0.39, 0.29) is 24.3 Å². The molecule has 1 fully saturated rings. The Morgan fingerprint density at radius 1 is 1.06 bits per heavy atom. The molecular weight excluding hydrogens is 426 g/mol. The van der Waals surface area contributed by atoms with Gasteiger partial charge in [0, 0.05) is 31.8 Å². The number of nitrogens with zero attached hydrogens (tertiary/aromatic N) is 5. The van der Waals surface area contributed by atoms with E-state index < -0.39 is 0 Å². The molecule has 0 bridgehead atoms. The molecule has 2 aromatic heterocycles. The van der Waals surface area contributed by atoms with E-state index in [1.807, 2.05) is 27.8 Å². The Morgan fingerprint density at radius 2 is 1.82 bits per heavy atom. The molecule has 3 heterocycles. The second kappa shape index (κ2) is 9.41. The average Bonchev–Trinajstić information content (AvgIpc) is 3.48. The lowest BCUT2D eigenvalue weighted by Crippen LogP contribution is -2.40. The van der Waals surface area contributed by atoms with E-state index in [0.29, 0.717) is 24.9 Å². The molecule has 0 N–H and O–H groups in total. The number of aromatic nitrogens is 4. The second-order valence-electron chi connectivity index (χ2n) is 9.37. The van der Waals surface area contributed by atoms with Crippen LogP contribution in [0.25, 0.3) is 11.3 Å². The van der Waals surface area contributed by atoms with Crippen LogP contribution in [0.3, 0.4) is 0 Å². The first-order chi connectivity index (χ1) is 16.5. The third kappa shape index (κ3) is 4.60. The van der Waals surface area contributed by atoms with Crippen molar-refractivity contribution in [2.45, 2.75) is 58.4 Å². The SMILES string of the molecule is CC1=CCC(c2cc(-c3ccccc3)n(CC(=O)N3CCC(c4nnc(C)o4)CC3)n2)C=C1C. The molecule has 34 heavy (non-hydrogen) atoms. The van der Waals surface area contributed by atoms with Gasteiger partial charge in [-0.15, -0.1) is 10.2 Å². The Bertz CT molecular complexity index is 1230. The summed E-state index contributed by atoms with van der Waals surface area (Å²) >= 11 is 0. The quantitative estimate of drug-likeness (QED) is 0.537. The van der Waals surface area contributed by atoms with Crippen molar-refractivity contribution < 1.29 is 9.21 Å². The van der Waals surface area contributed by atoms with Crippen LogP contribution in [0.2, 0.25) is 0 Å². The monoisotopic (exact) mass is 457 g/mol. The Labute approximate surface area is 200 Å². The first-order valence-corrected chi connectivity index (χ1v) is 12.0. The summed E-state index contributed by atoms with van der Waals surface area (Å²) < 4.78 is 7.49. The average molecular weight is 458 g/mol. The molecule has 0 saturated carbocycles. The molecule has 5 rings (SSSR count). The topological polar surface area (TPSA) is 77.0 Å². The molecule has 1 atom stereocenters. The highest BCUT2D eigenvalue weighted by Gasteiger charge is 2.28. The van der Waals surface area contributed by atoms with Gasteiger partial charge in [0.05, 0.1) is 11.4 Å². The van der Waals surface area contributed by atoms with Gasteiger partial charge in [0.25, 0.3) is 0 Å². The fourth-order valence-corrected chi connectivity index (χ4v) is 4.83. The van der Waals surface area contributed by atoms with Crippen LogP contribution in [-0.2, 0) is 11.3 Å². The van der Waals surface area contributed by atoms with Gasteiger partial charge in [0.15, 0.2) is 0 Å². The van der Waals surface area contributed by atoms with Gasteiger partial charge in [0.2, 0.25) is 17.7 Å². The zero-order valence-corrected chi connectivity index (χ0v) is 20.1. The van der Waals surface area contributed by atoms with Crippen molar-refractivity contribution in [3.63, 3.8) is 0 Å². The van der Waals surface area contributed by atoms with Crippen molar-refractivity contribution in [2.24, 2.45) is 0 Å². The van der Waals surface area contributed by atoms with Crippen LogP contribution in [0, 0.1) is 6.92 Å². The van der Waals surface area contributed by atoms with Crippen molar-refractivity contribution >= 4 is 5.91 Å². The molecule has 1 saturated heterocycles. The van der Waals surface area contributed by atoms with E-state index in [1.165, 1.54) is 11.1 Å². The molecule has 7 heteroatoms. The van der Waals surface area contributed by atoms with E-state index in [0.717, 1.165) is 36.2 Å². The molecular formula is C27H31N5O2. The van der Waals surface area contributed by atoms with Crippen LogP contribution in [0.4, 0.5) is 0 Å². The number of carbonyl (C=O) groups is 1. The molecule has 1 unspecified atom stereocenters. The Kier molecular flexibility index (Phi) is 6.18. The minimum absolute atomic E-state index is 0.0955. The Hall–Kier alpha value is -3.48. The van der Waals surface area contributed by atoms with Gasteiger partial charge in [-0.2, -0.15) is 5.10 Å². The van der Waals surface area contributed by atoms with Gasteiger partial charge in [-0.05, 0) is 44.7 Å². The number of benzene rings is 1. The third-order valence-electron chi connectivity index (χ3n) is 7.02. The van der Waals surface area contributed by atoms with Gasteiger partial charge in [-0.3, -0.25) is 9.48 Å². The van der Waals surface area contributed by atoms with Crippen LogP contribution in [0.1, 0.15) is 62.4 Å². The molecule has 1 amide bonds. The minimum atomic E-state index is 0.0955. The van der Waals surface area contributed by atoms with Crippen LogP contribution in [0.5, 0.6) is 0 Å². The predicted octanol–water partition coefficient (Wildman–Crippen LogP) is 5.03. The summed E-state index contributed by atoms with van der Waals surface area (Å²) in [4.78, 5) is 15.2. The van der Waals surface area contributed by atoms with E-state index in [9.17, 15) is 4.79 Å². The van der Waals surface area contributed by atoms with Gasteiger partial charge < -0.3 is 9.32 Å². The highest BCUT2D eigenvalue weighted by molar-refractivity contribution is 5.77. The minimum Gasteiger partial charge on any atom is -0.425 e. The molecule has 1 aliphatic heterocycles. The molecule has 0 spiro atoms. The molecule has 3 aromatic rings. The molecule has 0 radical (unpaired) electrons. The van der Waals surface area contributed by atoms with Crippen molar-refractivity contribution in [3.05, 3.63) is 77.2 Å². The highest BCUT2D eigenvalue weighted by atomic mass is 16.4. The maximum Gasteiger partial charge on any atom is 0.244 e. The lowest BCUT2D eigenvalue weighted by atomic mass is 9.90. The van der Waals surface area contributed by atoms with Crippen molar-refractivity contribution in [1.82, 2.24) is 24.9 Å². The predicted molar refractivity (Wildman–Crippen MR) is 130 cm³/mol. The number of likely N-dealkylation sites (tertiary alicyclic amines) is 1. The van der Waals surface area contributed by atoms with Crippen LogP contribution >= 0.6 is 0 Å². The van der Waals surface area contributed by atoms with E-state index in [2.05, 4.69) is 54.4 Å². The summed E-state index contributed by atoms with van der Waals surface area (Å²) in [5.74, 6) is 1.83. The van der Waals surface area contributed by atoms with E-state index in [4.69, 9.17) is 9.52 Å². The van der Waals surface area contributed by atoms with Gasteiger partial charge >= 0.3 is 0 Å². The van der Waals surface area contributed by atoms with Crippen molar-refractivity contribution in [3.8, 4) is 11.3 Å². The van der Waals surface area contributed by atoms with Crippen LogP contribution in [-0.4, -0.2) is 43.9 Å². The fraction of sp³-hybridized carbons (Fsp3) is 0.407. The number of hydrogen-bond acceptors (Lipinski definition) is 5. The number of amides is 1. The summed E-state index contributed by atoms with van der Waals surface area (Å²) in [5.41, 5.74) is 5.69. The smallest absolute Gasteiger partial charge is 0.244 e. The van der Waals surface area contributed by atoms with E-state index in [1.54, 1.807) is 6.92 Å². The van der Waals surface area contributed by atoms with Gasteiger partial charge in [-0.1, -0.05) is 53.6 Å². The lowest BCUT2D eigenvalue weighted by molar-refractivity contribution is -0.133. The first-order valence-electron chi connectivity index (χ1n) is 12.0.